The van der Waals surface area contributed by atoms with Crippen molar-refractivity contribution in [1.29, 1.82) is 0 Å². The summed E-state index contributed by atoms with van der Waals surface area (Å²) < 4.78 is 12.7. The van der Waals surface area contributed by atoms with Crippen molar-refractivity contribution in [3.63, 3.8) is 0 Å². The molecule has 0 radical (unpaired) electrons. The summed E-state index contributed by atoms with van der Waals surface area (Å²) in [6, 6.07) is 29.7. The van der Waals surface area contributed by atoms with E-state index < -0.39 is 24.3 Å². The SMILES string of the molecule is CCOC(=O)/C=C/c1c(N=P(c2ccccc2)(c2ccccc2)c2ccccc2)n(C)c(=O)n(C)c1=O. The molecule has 7 nitrogen and oxygen atoms in total. The van der Waals surface area contributed by atoms with Crippen LogP contribution in [0.3, 0.4) is 0 Å². The lowest BCUT2D eigenvalue weighted by atomic mass is 10.2. The average Bonchev–Trinajstić information content (AvgIpc) is 2.94. The molecule has 0 bridgehead atoms. The van der Waals surface area contributed by atoms with Crippen molar-refractivity contribution in [3.8, 4) is 0 Å². The van der Waals surface area contributed by atoms with E-state index in [4.69, 9.17) is 9.48 Å². The maximum Gasteiger partial charge on any atom is 0.332 e. The molecular formula is C29H28N3O4P. The van der Waals surface area contributed by atoms with Crippen molar-refractivity contribution >= 4 is 40.8 Å². The van der Waals surface area contributed by atoms with Crippen LogP contribution in [0.1, 0.15) is 12.5 Å². The highest BCUT2D eigenvalue weighted by Gasteiger charge is 2.29. The molecule has 4 aromatic rings. The number of ether oxygens (including phenoxy) is 1. The van der Waals surface area contributed by atoms with Crippen molar-refractivity contribution < 1.29 is 9.53 Å². The van der Waals surface area contributed by atoms with Gasteiger partial charge in [0.05, 0.1) is 19.2 Å². The summed E-state index contributed by atoms with van der Waals surface area (Å²) in [6.45, 7) is 1.91. The first kappa shape index (κ1) is 25.9. The Kier molecular flexibility index (Phi) is 7.85. The number of hydrogen-bond acceptors (Lipinski definition) is 5. The van der Waals surface area contributed by atoms with Gasteiger partial charge in [0, 0.05) is 36.1 Å². The molecule has 0 spiro atoms. The van der Waals surface area contributed by atoms with Gasteiger partial charge in [0.2, 0.25) is 0 Å². The van der Waals surface area contributed by atoms with E-state index in [-0.39, 0.29) is 18.0 Å². The second-order valence-corrected chi connectivity index (χ2v) is 11.3. The van der Waals surface area contributed by atoms with Crippen LogP contribution in [-0.2, 0) is 23.6 Å². The van der Waals surface area contributed by atoms with Gasteiger partial charge in [-0.15, -0.1) is 0 Å². The highest BCUT2D eigenvalue weighted by molar-refractivity contribution is 7.87. The number of esters is 1. The molecule has 0 amide bonds. The zero-order chi connectivity index (χ0) is 26.4. The fraction of sp³-hybridized carbons (Fsp3) is 0.138. The Balaban J connectivity index is 2.20. The molecule has 188 valence electrons. The lowest BCUT2D eigenvalue weighted by Gasteiger charge is -2.27. The Morgan fingerprint density at radius 3 is 1.70 bits per heavy atom. The molecule has 0 saturated carbocycles. The number of rotatable bonds is 7. The molecule has 0 atom stereocenters. The van der Waals surface area contributed by atoms with E-state index in [2.05, 4.69) is 0 Å². The van der Waals surface area contributed by atoms with Crippen molar-refractivity contribution in [2.45, 2.75) is 6.92 Å². The third-order valence-corrected chi connectivity index (χ3v) is 9.60. The first-order valence-electron chi connectivity index (χ1n) is 11.8. The van der Waals surface area contributed by atoms with E-state index in [1.165, 1.54) is 23.8 Å². The summed E-state index contributed by atoms with van der Waals surface area (Å²) in [5.74, 6) is -0.391. The van der Waals surface area contributed by atoms with Crippen LogP contribution >= 0.6 is 7.05 Å². The molecule has 0 aliphatic rings. The topological polar surface area (TPSA) is 82.7 Å². The Bertz CT molecular complexity index is 1500. The second-order valence-electron chi connectivity index (χ2n) is 8.27. The quantitative estimate of drug-likeness (QED) is 0.215. The summed E-state index contributed by atoms with van der Waals surface area (Å²) in [7, 11) is 0.211. The van der Waals surface area contributed by atoms with Crippen molar-refractivity contribution in [2.24, 2.45) is 18.8 Å². The van der Waals surface area contributed by atoms with Crippen LogP contribution in [0.2, 0.25) is 0 Å². The largest absolute Gasteiger partial charge is 0.463 e. The third-order valence-electron chi connectivity index (χ3n) is 5.97. The molecule has 4 rings (SSSR count). The lowest BCUT2D eigenvalue weighted by Crippen LogP contribution is -2.38. The Labute approximate surface area is 215 Å². The minimum atomic E-state index is -2.78. The molecule has 0 aliphatic heterocycles. The average molecular weight is 514 g/mol. The first-order valence-corrected chi connectivity index (χ1v) is 13.6. The van der Waals surface area contributed by atoms with E-state index in [9.17, 15) is 14.4 Å². The summed E-state index contributed by atoms with van der Waals surface area (Å²) in [4.78, 5) is 38.5. The highest BCUT2D eigenvalue weighted by atomic mass is 31.2. The summed E-state index contributed by atoms with van der Waals surface area (Å²) in [5, 5.41) is 2.88. The van der Waals surface area contributed by atoms with Crippen molar-refractivity contribution in [2.75, 3.05) is 6.61 Å². The fourth-order valence-electron chi connectivity index (χ4n) is 4.16. The smallest absolute Gasteiger partial charge is 0.332 e. The fourth-order valence-corrected chi connectivity index (χ4v) is 7.74. The van der Waals surface area contributed by atoms with Crippen LogP contribution in [0.4, 0.5) is 5.82 Å². The van der Waals surface area contributed by atoms with E-state index >= 15 is 0 Å². The molecule has 1 aromatic heterocycles. The van der Waals surface area contributed by atoms with Gasteiger partial charge in [0.1, 0.15) is 5.82 Å². The van der Waals surface area contributed by atoms with Gasteiger partial charge in [-0.2, -0.15) is 0 Å². The molecule has 0 N–H and O–H groups in total. The molecule has 0 fully saturated rings. The maximum atomic E-state index is 13.3. The van der Waals surface area contributed by atoms with Gasteiger partial charge >= 0.3 is 11.7 Å². The highest BCUT2D eigenvalue weighted by Crippen LogP contribution is 2.49. The monoisotopic (exact) mass is 513 g/mol. The molecule has 1 heterocycles. The van der Waals surface area contributed by atoms with Crippen LogP contribution < -0.4 is 27.2 Å². The predicted octanol–water partition coefficient (Wildman–Crippen LogP) is 3.47. The van der Waals surface area contributed by atoms with Crippen LogP contribution in [0, 0.1) is 0 Å². The van der Waals surface area contributed by atoms with Gasteiger partial charge in [-0.25, -0.2) is 14.3 Å². The standard InChI is InChI=1S/C29H28N3O4P/c1-4-36-26(33)21-20-25-27(31(2)29(35)32(3)28(25)34)30-37(22-14-8-5-9-15-22,23-16-10-6-11-17-23)24-18-12-7-13-19-24/h5-21H,4H2,1-3H3/b21-20+. The zero-order valence-electron chi connectivity index (χ0n) is 20.9. The van der Waals surface area contributed by atoms with Gasteiger partial charge in [0.25, 0.3) is 5.56 Å². The molecule has 8 heteroatoms. The molecule has 3 aromatic carbocycles. The number of benzene rings is 3. The summed E-state index contributed by atoms with van der Waals surface area (Å²) in [5.41, 5.74) is -0.927. The normalized spacial score (nSPS) is 11.4. The van der Waals surface area contributed by atoms with Crippen molar-refractivity contribution in [3.05, 3.63) is 123 Å². The van der Waals surface area contributed by atoms with E-state index in [0.29, 0.717) is 0 Å². The van der Waals surface area contributed by atoms with Gasteiger partial charge in [-0.1, -0.05) is 91.0 Å². The maximum absolute atomic E-state index is 13.3. The minimum Gasteiger partial charge on any atom is -0.463 e. The van der Waals surface area contributed by atoms with E-state index in [1.807, 2.05) is 91.0 Å². The predicted molar refractivity (Wildman–Crippen MR) is 150 cm³/mol. The van der Waals surface area contributed by atoms with Crippen molar-refractivity contribution in [1.82, 2.24) is 9.13 Å². The van der Waals surface area contributed by atoms with Gasteiger partial charge in [-0.3, -0.25) is 13.9 Å². The number of nitrogens with zero attached hydrogens (tertiary/aromatic N) is 3. The van der Waals surface area contributed by atoms with Crippen LogP contribution in [0.25, 0.3) is 6.08 Å². The molecular weight excluding hydrogens is 485 g/mol. The second kappa shape index (κ2) is 11.2. The Hall–Kier alpha value is -4.22. The summed E-state index contributed by atoms with van der Waals surface area (Å²) >= 11 is 0. The number of carbonyl (C=O) groups is 1. The molecule has 0 aliphatic carbocycles. The minimum absolute atomic E-state index is 0.129. The number of carbonyl (C=O) groups excluding carboxylic acids is 1. The van der Waals surface area contributed by atoms with Gasteiger partial charge in [0.15, 0.2) is 0 Å². The third kappa shape index (κ3) is 5.04. The van der Waals surface area contributed by atoms with E-state index in [0.717, 1.165) is 20.5 Å². The Morgan fingerprint density at radius 2 is 1.27 bits per heavy atom. The first-order chi connectivity index (χ1) is 17.9. The van der Waals surface area contributed by atoms with Gasteiger partial charge in [-0.05, 0) is 13.0 Å². The number of aromatic nitrogens is 2. The van der Waals surface area contributed by atoms with Crippen LogP contribution in [0.5, 0.6) is 0 Å². The zero-order valence-corrected chi connectivity index (χ0v) is 21.8. The lowest BCUT2D eigenvalue weighted by molar-refractivity contribution is -0.137. The van der Waals surface area contributed by atoms with Crippen LogP contribution in [0.15, 0.2) is 111 Å². The summed E-state index contributed by atoms with van der Waals surface area (Å²) in [6.07, 6.45) is 2.58. The molecule has 37 heavy (non-hydrogen) atoms. The molecule has 0 unspecified atom stereocenters. The van der Waals surface area contributed by atoms with E-state index in [1.54, 1.807) is 14.0 Å². The number of hydrogen-bond donors (Lipinski definition) is 0. The molecule has 0 saturated heterocycles. The Morgan fingerprint density at radius 1 is 0.811 bits per heavy atom. The van der Waals surface area contributed by atoms with Gasteiger partial charge < -0.3 is 4.74 Å². The van der Waals surface area contributed by atoms with Crippen LogP contribution in [-0.4, -0.2) is 21.7 Å².